The molecule has 1 saturated carbocycles. The van der Waals surface area contributed by atoms with Crippen LogP contribution in [0.5, 0.6) is 0 Å². The fourth-order valence-corrected chi connectivity index (χ4v) is 3.70. The number of hydrogen-bond donors (Lipinski definition) is 1. The molecule has 1 saturated heterocycles. The highest BCUT2D eigenvalue weighted by molar-refractivity contribution is 4.96. The van der Waals surface area contributed by atoms with Gasteiger partial charge in [0.15, 0.2) is 0 Å². The van der Waals surface area contributed by atoms with Gasteiger partial charge in [0.2, 0.25) is 0 Å². The van der Waals surface area contributed by atoms with Crippen molar-refractivity contribution in [1.82, 2.24) is 5.32 Å². The van der Waals surface area contributed by atoms with Gasteiger partial charge in [-0.1, -0.05) is 26.7 Å². The highest BCUT2D eigenvalue weighted by Crippen LogP contribution is 2.49. The number of nitrogens with one attached hydrogen (secondary N) is 1. The predicted molar refractivity (Wildman–Crippen MR) is 56.7 cm³/mol. The van der Waals surface area contributed by atoms with Crippen molar-refractivity contribution in [3.05, 3.63) is 0 Å². The van der Waals surface area contributed by atoms with Crippen LogP contribution in [0.4, 0.5) is 0 Å². The third kappa shape index (κ3) is 1.63. The van der Waals surface area contributed by atoms with E-state index in [4.69, 9.17) is 0 Å². The van der Waals surface area contributed by atoms with Gasteiger partial charge in [-0.15, -0.1) is 0 Å². The van der Waals surface area contributed by atoms with Crippen molar-refractivity contribution in [2.75, 3.05) is 13.1 Å². The third-order valence-electron chi connectivity index (χ3n) is 4.30. The summed E-state index contributed by atoms with van der Waals surface area (Å²) in [6.07, 6.45) is 7.35. The Morgan fingerprint density at radius 2 is 1.92 bits per heavy atom. The van der Waals surface area contributed by atoms with Gasteiger partial charge in [-0.05, 0) is 43.1 Å². The molecule has 13 heavy (non-hydrogen) atoms. The first-order valence-corrected chi connectivity index (χ1v) is 5.95. The minimum absolute atomic E-state index is 0.701. The largest absolute Gasteiger partial charge is 0.316 e. The van der Waals surface area contributed by atoms with E-state index in [0.717, 1.165) is 11.8 Å². The molecule has 0 bridgehead atoms. The zero-order valence-electron chi connectivity index (χ0n) is 9.10. The molecule has 0 aromatic carbocycles. The Bertz CT molecular complexity index is 168. The van der Waals surface area contributed by atoms with Crippen LogP contribution in [0.1, 0.15) is 46.0 Å². The number of rotatable bonds is 1. The summed E-state index contributed by atoms with van der Waals surface area (Å²) in [5, 5.41) is 3.60. The molecule has 1 aliphatic carbocycles. The smallest absolute Gasteiger partial charge is 0.00106 e. The molecule has 2 fully saturated rings. The lowest BCUT2D eigenvalue weighted by Gasteiger charge is -2.44. The Balaban J connectivity index is 2.12. The van der Waals surface area contributed by atoms with Crippen molar-refractivity contribution >= 4 is 0 Å². The number of hydrogen-bond acceptors (Lipinski definition) is 1. The van der Waals surface area contributed by atoms with Crippen molar-refractivity contribution in [2.24, 2.45) is 17.3 Å². The van der Waals surface area contributed by atoms with E-state index in [1.54, 1.807) is 0 Å². The van der Waals surface area contributed by atoms with Gasteiger partial charge < -0.3 is 5.32 Å². The first-order valence-electron chi connectivity index (χ1n) is 5.95. The van der Waals surface area contributed by atoms with E-state index in [2.05, 4.69) is 19.2 Å². The molecule has 1 nitrogen and oxygen atoms in total. The summed E-state index contributed by atoms with van der Waals surface area (Å²) in [7, 11) is 0. The Morgan fingerprint density at radius 3 is 2.54 bits per heavy atom. The summed E-state index contributed by atoms with van der Waals surface area (Å²) in [5.41, 5.74) is 0.701. The van der Waals surface area contributed by atoms with Crippen LogP contribution < -0.4 is 5.32 Å². The standard InChI is InChI=1S/C12H23N/c1-10(2)11-5-8-13-9-12(11)6-3-4-7-12/h10-11,13H,3-9H2,1-2H3. The van der Waals surface area contributed by atoms with E-state index in [-0.39, 0.29) is 0 Å². The lowest BCUT2D eigenvalue weighted by molar-refractivity contribution is 0.0796. The van der Waals surface area contributed by atoms with Crippen molar-refractivity contribution in [2.45, 2.75) is 46.0 Å². The highest BCUT2D eigenvalue weighted by Gasteiger charge is 2.43. The van der Waals surface area contributed by atoms with Gasteiger partial charge in [0.25, 0.3) is 0 Å². The summed E-state index contributed by atoms with van der Waals surface area (Å²) >= 11 is 0. The second-order valence-corrected chi connectivity index (χ2v) is 5.39. The molecular formula is C12H23N. The topological polar surface area (TPSA) is 12.0 Å². The van der Waals surface area contributed by atoms with Gasteiger partial charge in [0.05, 0.1) is 0 Å². The van der Waals surface area contributed by atoms with E-state index in [0.29, 0.717) is 5.41 Å². The van der Waals surface area contributed by atoms with Crippen LogP contribution >= 0.6 is 0 Å². The van der Waals surface area contributed by atoms with Crippen molar-refractivity contribution in [3.63, 3.8) is 0 Å². The van der Waals surface area contributed by atoms with Gasteiger partial charge in [0.1, 0.15) is 0 Å². The quantitative estimate of drug-likeness (QED) is 0.656. The SMILES string of the molecule is CC(C)C1CCNCC12CCCC2. The van der Waals surface area contributed by atoms with E-state index in [1.807, 2.05) is 0 Å². The van der Waals surface area contributed by atoms with Gasteiger partial charge >= 0.3 is 0 Å². The lowest BCUT2D eigenvalue weighted by Crippen LogP contribution is -2.46. The van der Waals surface area contributed by atoms with E-state index < -0.39 is 0 Å². The van der Waals surface area contributed by atoms with Crippen LogP contribution in [0.25, 0.3) is 0 Å². The van der Waals surface area contributed by atoms with Crippen LogP contribution in [0.15, 0.2) is 0 Å². The molecule has 1 N–H and O–H groups in total. The maximum Gasteiger partial charge on any atom is 0.00106 e. The molecule has 76 valence electrons. The monoisotopic (exact) mass is 181 g/mol. The Labute approximate surface area is 82.3 Å². The normalized spacial score (nSPS) is 33.0. The Kier molecular flexibility index (Phi) is 2.64. The summed E-state index contributed by atoms with van der Waals surface area (Å²) in [4.78, 5) is 0. The van der Waals surface area contributed by atoms with Gasteiger partial charge in [-0.25, -0.2) is 0 Å². The zero-order chi connectivity index (χ0) is 9.31. The summed E-state index contributed by atoms with van der Waals surface area (Å²) < 4.78 is 0. The van der Waals surface area contributed by atoms with E-state index in [1.165, 1.54) is 45.2 Å². The summed E-state index contributed by atoms with van der Waals surface area (Å²) in [6, 6.07) is 0. The van der Waals surface area contributed by atoms with Crippen LogP contribution in [-0.2, 0) is 0 Å². The first-order chi connectivity index (χ1) is 6.25. The fraction of sp³-hybridized carbons (Fsp3) is 1.00. The average molecular weight is 181 g/mol. The van der Waals surface area contributed by atoms with Crippen LogP contribution in [-0.4, -0.2) is 13.1 Å². The van der Waals surface area contributed by atoms with E-state index in [9.17, 15) is 0 Å². The Morgan fingerprint density at radius 1 is 1.23 bits per heavy atom. The van der Waals surface area contributed by atoms with Gasteiger partial charge in [0, 0.05) is 6.54 Å². The molecule has 1 heteroatoms. The maximum atomic E-state index is 3.60. The highest BCUT2D eigenvalue weighted by atomic mass is 14.9. The van der Waals surface area contributed by atoms with E-state index >= 15 is 0 Å². The molecule has 1 aliphatic heterocycles. The van der Waals surface area contributed by atoms with Crippen molar-refractivity contribution in [3.8, 4) is 0 Å². The zero-order valence-corrected chi connectivity index (χ0v) is 9.10. The lowest BCUT2D eigenvalue weighted by atomic mass is 9.66. The molecule has 1 spiro atoms. The summed E-state index contributed by atoms with van der Waals surface area (Å²) in [6.45, 7) is 7.38. The molecule has 2 aliphatic rings. The fourth-order valence-electron chi connectivity index (χ4n) is 3.70. The van der Waals surface area contributed by atoms with Gasteiger partial charge in [-0.3, -0.25) is 0 Å². The second kappa shape index (κ2) is 3.61. The molecule has 1 unspecified atom stereocenters. The number of piperidine rings is 1. The second-order valence-electron chi connectivity index (χ2n) is 5.39. The third-order valence-corrected chi connectivity index (χ3v) is 4.30. The minimum Gasteiger partial charge on any atom is -0.316 e. The van der Waals surface area contributed by atoms with Crippen molar-refractivity contribution < 1.29 is 0 Å². The maximum absolute atomic E-state index is 3.60. The Hall–Kier alpha value is -0.0400. The molecule has 0 amide bonds. The van der Waals surface area contributed by atoms with Crippen LogP contribution in [0.2, 0.25) is 0 Å². The molecule has 1 heterocycles. The average Bonchev–Trinajstić information content (AvgIpc) is 2.54. The molecule has 0 aromatic rings. The van der Waals surface area contributed by atoms with Gasteiger partial charge in [-0.2, -0.15) is 0 Å². The van der Waals surface area contributed by atoms with Crippen LogP contribution in [0, 0.1) is 17.3 Å². The van der Waals surface area contributed by atoms with Crippen molar-refractivity contribution in [1.29, 1.82) is 0 Å². The molecule has 1 atom stereocenters. The first kappa shape index (κ1) is 9.51. The molecule has 2 rings (SSSR count). The molecular weight excluding hydrogens is 158 g/mol. The van der Waals surface area contributed by atoms with Crippen LogP contribution in [0.3, 0.4) is 0 Å². The summed E-state index contributed by atoms with van der Waals surface area (Å²) in [5.74, 6) is 1.89. The molecule has 0 radical (unpaired) electrons. The predicted octanol–water partition coefficient (Wildman–Crippen LogP) is 2.81. The molecule has 0 aromatic heterocycles. The minimum atomic E-state index is 0.701.